The fourth-order valence-corrected chi connectivity index (χ4v) is 2.72. The van der Waals surface area contributed by atoms with Crippen molar-refractivity contribution in [3.8, 4) is 6.07 Å². The molecule has 5 nitrogen and oxygen atoms in total. The van der Waals surface area contributed by atoms with Crippen molar-refractivity contribution in [2.24, 2.45) is 0 Å². The van der Waals surface area contributed by atoms with E-state index in [1.165, 1.54) is 0 Å². The zero-order valence-corrected chi connectivity index (χ0v) is 12.2. The second-order valence-electron chi connectivity index (χ2n) is 4.38. The molecule has 104 valence electrons. The SMILES string of the molecule is CCNc1nc(Nc2ccc(C#N)cc2)c2ccsc2n1. The van der Waals surface area contributed by atoms with Crippen LogP contribution in [0.3, 0.4) is 0 Å². The smallest absolute Gasteiger partial charge is 0.226 e. The van der Waals surface area contributed by atoms with Crippen molar-refractivity contribution in [2.75, 3.05) is 17.2 Å². The molecule has 0 aliphatic heterocycles. The van der Waals surface area contributed by atoms with E-state index < -0.39 is 0 Å². The Bertz CT molecular complexity index is 801. The van der Waals surface area contributed by atoms with Gasteiger partial charge in [0.25, 0.3) is 0 Å². The zero-order chi connectivity index (χ0) is 14.7. The average Bonchev–Trinajstić information content (AvgIpc) is 2.97. The lowest BCUT2D eigenvalue weighted by Gasteiger charge is -2.09. The molecular weight excluding hydrogens is 282 g/mol. The van der Waals surface area contributed by atoms with Crippen LogP contribution in [-0.4, -0.2) is 16.5 Å². The van der Waals surface area contributed by atoms with Gasteiger partial charge in [-0.3, -0.25) is 0 Å². The Balaban J connectivity index is 1.98. The van der Waals surface area contributed by atoms with Crippen LogP contribution >= 0.6 is 11.3 Å². The largest absolute Gasteiger partial charge is 0.354 e. The van der Waals surface area contributed by atoms with Crippen molar-refractivity contribution in [3.05, 3.63) is 41.3 Å². The van der Waals surface area contributed by atoms with Gasteiger partial charge >= 0.3 is 0 Å². The van der Waals surface area contributed by atoms with Crippen molar-refractivity contribution in [1.82, 2.24) is 9.97 Å². The third-order valence-corrected chi connectivity index (χ3v) is 3.74. The lowest BCUT2D eigenvalue weighted by Crippen LogP contribution is -2.04. The van der Waals surface area contributed by atoms with Crippen molar-refractivity contribution < 1.29 is 0 Å². The van der Waals surface area contributed by atoms with Crippen molar-refractivity contribution >= 4 is 39.0 Å². The molecule has 0 saturated heterocycles. The standard InChI is InChI=1S/C15H13N5S/c1-2-17-15-19-13(12-7-8-21-14(12)20-15)18-11-5-3-10(9-16)4-6-11/h3-8H,2H2,1H3,(H2,17,18,19,20). The molecule has 1 aromatic carbocycles. The molecule has 0 bridgehead atoms. The van der Waals surface area contributed by atoms with Gasteiger partial charge in [0.2, 0.25) is 5.95 Å². The fourth-order valence-electron chi connectivity index (χ4n) is 1.95. The van der Waals surface area contributed by atoms with Gasteiger partial charge in [-0.05, 0) is 42.6 Å². The first kappa shape index (κ1) is 13.3. The van der Waals surface area contributed by atoms with E-state index in [1.54, 1.807) is 23.5 Å². The van der Waals surface area contributed by atoms with Crippen LogP contribution in [0.5, 0.6) is 0 Å². The predicted molar refractivity (Wildman–Crippen MR) is 86.0 cm³/mol. The predicted octanol–water partition coefficient (Wildman–Crippen LogP) is 3.74. The van der Waals surface area contributed by atoms with E-state index in [2.05, 4.69) is 26.7 Å². The van der Waals surface area contributed by atoms with E-state index in [1.807, 2.05) is 30.5 Å². The maximum atomic E-state index is 8.83. The molecule has 3 rings (SSSR count). The first-order valence-electron chi connectivity index (χ1n) is 6.56. The van der Waals surface area contributed by atoms with Crippen LogP contribution in [0.25, 0.3) is 10.2 Å². The summed E-state index contributed by atoms with van der Waals surface area (Å²) in [5.74, 6) is 1.38. The van der Waals surface area contributed by atoms with Gasteiger partial charge in [0.15, 0.2) is 0 Å². The average molecular weight is 295 g/mol. The van der Waals surface area contributed by atoms with Crippen LogP contribution < -0.4 is 10.6 Å². The Morgan fingerprint density at radius 2 is 2.00 bits per heavy atom. The molecule has 21 heavy (non-hydrogen) atoms. The Morgan fingerprint density at radius 3 is 2.71 bits per heavy atom. The summed E-state index contributed by atoms with van der Waals surface area (Å²) in [4.78, 5) is 9.92. The number of rotatable bonds is 4. The monoisotopic (exact) mass is 295 g/mol. The minimum Gasteiger partial charge on any atom is -0.354 e. The third-order valence-electron chi connectivity index (χ3n) is 2.94. The van der Waals surface area contributed by atoms with Crippen LogP contribution in [0, 0.1) is 11.3 Å². The summed E-state index contributed by atoms with van der Waals surface area (Å²) in [6, 6.07) is 11.4. The minimum atomic E-state index is 0.614. The maximum absolute atomic E-state index is 8.83. The number of nitrogens with zero attached hydrogens (tertiary/aromatic N) is 3. The quantitative estimate of drug-likeness (QED) is 0.767. The highest BCUT2D eigenvalue weighted by Gasteiger charge is 2.08. The van der Waals surface area contributed by atoms with Crippen LogP contribution in [0.2, 0.25) is 0 Å². The molecule has 0 saturated carbocycles. The number of fused-ring (bicyclic) bond motifs is 1. The molecule has 0 aliphatic carbocycles. The Labute approximate surface area is 126 Å². The molecule has 3 aromatic rings. The first-order chi connectivity index (χ1) is 10.3. The van der Waals surface area contributed by atoms with E-state index in [0.717, 1.165) is 28.3 Å². The van der Waals surface area contributed by atoms with Gasteiger partial charge in [-0.25, -0.2) is 4.98 Å². The minimum absolute atomic E-state index is 0.614. The normalized spacial score (nSPS) is 10.3. The molecule has 6 heteroatoms. The topological polar surface area (TPSA) is 73.6 Å². The van der Waals surface area contributed by atoms with E-state index in [9.17, 15) is 0 Å². The summed E-state index contributed by atoms with van der Waals surface area (Å²) in [5, 5.41) is 18.2. The van der Waals surface area contributed by atoms with Gasteiger partial charge in [0, 0.05) is 12.2 Å². The van der Waals surface area contributed by atoms with Crippen molar-refractivity contribution in [1.29, 1.82) is 5.26 Å². The molecule has 2 N–H and O–H groups in total. The van der Waals surface area contributed by atoms with Gasteiger partial charge in [0.1, 0.15) is 10.6 Å². The van der Waals surface area contributed by atoms with Crippen molar-refractivity contribution in [2.45, 2.75) is 6.92 Å². The lowest BCUT2D eigenvalue weighted by molar-refractivity contribution is 1.11. The number of hydrogen-bond acceptors (Lipinski definition) is 6. The second-order valence-corrected chi connectivity index (χ2v) is 5.27. The molecule has 0 spiro atoms. The summed E-state index contributed by atoms with van der Waals surface area (Å²) in [6.07, 6.45) is 0. The molecular formula is C15H13N5S. The molecule has 2 aromatic heterocycles. The fraction of sp³-hybridized carbons (Fsp3) is 0.133. The number of nitriles is 1. The molecule has 0 aliphatic rings. The number of thiophene rings is 1. The Kier molecular flexibility index (Phi) is 3.67. The van der Waals surface area contributed by atoms with Gasteiger partial charge in [-0.2, -0.15) is 10.2 Å². The lowest BCUT2D eigenvalue weighted by atomic mass is 10.2. The van der Waals surface area contributed by atoms with Crippen LogP contribution in [0.4, 0.5) is 17.5 Å². The summed E-state index contributed by atoms with van der Waals surface area (Å²) < 4.78 is 0. The van der Waals surface area contributed by atoms with Crippen LogP contribution in [-0.2, 0) is 0 Å². The van der Waals surface area contributed by atoms with Gasteiger partial charge in [-0.15, -0.1) is 11.3 Å². The van der Waals surface area contributed by atoms with Gasteiger partial charge in [-0.1, -0.05) is 0 Å². The number of anilines is 3. The number of nitrogens with one attached hydrogen (secondary N) is 2. The molecule has 0 radical (unpaired) electrons. The van der Waals surface area contributed by atoms with Gasteiger partial charge in [0.05, 0.1) is 17.0 Å². The summed E-state index contributed by atoms with van der Waals surface area (Å²) in [5.41, 5.74) is 1.53. The molecule has 0 unspecified atom stereocenters. The zero-order valence-electron chi connectivity index (χ0n) is 11.4. The highest BCUT2D eigenvalue weighted by Crippen LogP contribution is 2.28. The van der Waals surface area contributed by atoms with Crippen LogP contribution in [0.1, 0.15) is 12.5 Å². The highest BCUT2D eigenvalue weighted by atomic mass is 32.1. The molecule has 0 fully saturated rings. The van der Waals surface area contributed by atoms with E-state index >= 15 is 0 Å². The first-order valence-corrected chi connectivity index (χ1v) is 7.44. The van der Waals surface area contributed by atoms with Crippen molar-refractivity contribution in [3.63, 3.8) is 0 Å². The number of hydrogen-bond donors (Lipinski definition) is 2. The third kappa shape index (κ3) is 2.78. The highest BCUT2D eigenvalue weighted by molar-refractivity contribution is 7.16. The number of aromatic nitrogens is 2. The Morgan fingerprint density at radius 1 is 1.19 bits per heavy atom. The van der Waals surface area contributed by atoms with Crippen LogP contribution in [0.15, 0.2) is 35.7 Å². The summed E-state index contributed by atoms with van der Waals surface area (Å²) in [7, 11) is 0. The maximum Gasteiger partial charge on any atom is 0.226 e. The number of benzene rings is 1. The van der Waals surface area contributed by atoms with Gasteiger partial charge < -0.3 is 10.6 Å². The summed E-state index contributed by atoms with van der Waals surface area (Å²) in [6.45, 7) is 2.78. The van der Waals surface area contributed by atoms with E-state index in [-0.39, 0.29) is 0 Å². The second kappa shape index (κ2) is 5.77. The molecule has 0 atom stereocenters. The molecule has 0 amide bonds. The van der Waals surface area contributed by atoms with E-state index in [0.29, 0.717) is 11.5 Å². The summed E-state index contributed by atoms with van der Waals surface area (Å²) >= 11 is 1.58. The molecule has 2 heterocycles. The van der Waals surface area contributed by atoms with E-state index in [4.69, 9.17) is 5.26 Å². The Hall–Kier alpha value is -2.65.